The summed E-state index contributed by atoms with van der Waals surface area (Å²) < 4.78 is 6.80. The van der Waals surface area contributed by atoms with E-state index < -0.39 is 0 Å². The van der Waals surface area contributed by atoms with Crippen molar-refractivity contribution in [2.45, 2.75) is 40.5 Å². The van der Waals surface area contributed by atoms with Crippen molar-refractivity contribution in [2.75, 3.05) is 5.73 Å². The fourth-order valence-electron chi connectivity index (χ4n) is 3.09. The van der Waals surface area contributed by atoms with Gasteiger partial charge in [-0.05, 0) is 45.3 Å². The number of fused-ring (bicyclic) bond motifs is 1. The highest BCUT2D eigenvalue weighted by Gasteiger charge is 2.20. The standard InChI is InChI=1S/C21H24N4OS/c1-6-9-10-14(7-2)19-24-25-20(26-19)18-17(22)16-12(4)11-15(8-3)13(5)23-21(16)27-18/h6-7,9-10H,2,8,11,22H2,1,3-5H3/b9-6-,14-10+. The molecule has 2 aromatic rings. The lowest BCUT2D eigenvalue weighted by atomic mass is 10.0. The minimum Gasteiger partial charge on any atom is -0.415 e. The van der Waals surface area contributed by atoms with E-state index >= 15 is 0 Å². The monoisotopic (exact) mass is 380 g/mol. The molecule has 0 saturated carbocycles. The third-order valence-corrected chi connectivity index (χ3v) is 5.68. The number of nitrogens with two attached hydrogens (primary N) is 1. The minimum absolute atomic E-state index is 0.411. The first-order valence-corrected chi connectivity index (χ1v) is 9.76. The maximum Gasteiger partial charge on any atom is 0.260 e. The number of nitrogen functional groups attached to an aromatic ring is 1. The Kier molecular flexibility index (Phi) is 5.56. The summed E-state index contributed by atoms with van der Waals surface area (Å²) in [6, 6.07) is 0. The Hall–Kier alpha value is -2.73. The number of aromatic nitrogens is 2. The van der Waals surface area contributed by atoms with E-state index in [1.54, 1.807) is 6.08 Å². The predicted molar refractivity (Wildman–Crippen MR) is 112 cm³/mol. The fourth-order valence-corrected chi connectivity index (χ4v) is 4.23. The quantitative estimate of drug-likeness (QED) is 0.780. The number of hydrogen-bond acceptors (Lipinski definition) is 6. The molecular weight excluding hydrogens is 356 g/mol. The minimum atomic E-state index is 0.411. The largest absolute Gasteiger partial charge is 0.415 e. The molecule has 0 aliphatic carbocycles. The molecule has 0 bridgehead atoms. The van der Waals surface area contributed by atoms with E-state index in [4.69, 9.17) is 15.1 Å². The highest BCUT2D eigenvalue weighted by atomic mass is 32.1. The molecule has 1 aliphatic rings. The molecule has 3 heterocycles. The first-order valence-electron chi connectivity index (χ1n) is 8.95. The molecular formula is C21H24N4OS. The summed E-state index contributed by atoms with van der Waals surface area (Å²) in [5.74, 6) is 0.831. The molecule has 0 amide bonds. The molecule has 0 saturated heterocycles. The van der Waals surface area contributed by atoms with Gasteiger partial charge in [0.15, 0.2) is 0 Å². The van der Waals surface area contributed by atoms with Gasteiger partial charge in [0.1, 0.15) is 9.55 Å². The maximum absolute atomic E-state index is 6.48. The van der Waals surface area contributed by atoms with Gasteiger partial charge in [-0.15, -0.1) is 21.5 Å². The Bertz CT molecular complexity index is 1100. The van der Waals surface area contributed by atoms with Crippen molar-refractivity contribution < 1.29 is 4.42 Å². The summed E-state index contributed by atoms with van der Waals surface area (Å²) in [5.41, 5.74) is 11.6. The smallest absolute Gasteiger partial charge is 0.260 e. The number of allylic oxidation sites excluding steroid dienone is 7. The topological polar surface area (TPSA) is 77.3 Å². The van der Waals surface area contributed by atoms with E-state index in [9.17, 15) is 0 Å². The number of thiophene rings is 1. The van der Waals surface area contributed by atoms with Crippen molar-refractivity contribution in [1.29, 1.82) is 0 Å². The van der Waals surface area contributed by atoms with Gasteiger partial charge in [-0.1, -0.05) is 37.3 Å². The molecule has 3 rings (SSSR count). The fraction of sp³-hybridized carbons (Fsp3) is 0.286. The van der Waals surface area contributed by atoms with Crippen molar-refractivity contribution in [3.8, 4) is 10.8 Å². The second-order valence-electron chi connectivity index (χ2n) is 6.40. The highest BCUT2D eigenvalue weighted by molar-refractivity contribution is 7.13. The molecule has 0 aromatic carbocycles. The van der Waals surface area contributed by atoms with Gasteiger partial charge >= 0.3 is 0 Å². The summed E-state index contributed by atoms with van der Waals surface area (Å²) in [5, 5.41) is 9.37. The molecule has 2 aromatic heterocycles. The Morgan fingerprint density at radius 2 is 2.11 bits per heavy atom. The van der Waals surface area contributed by atoms with Gasteiger partial charge in [-0.25, -0.2) is 4.99 Å². The summed E-state index contributed by atoms with van der Waals surface area (Å²) in [4.78, 5) is 5.59. The Balaban J connectivity index is 2.14. The first kappa shape index (κ1) is 19.0. The van der Waals surface area contributed by atoms with Crippen LogP contribution in [0.15, 0.2) is 51.6 Å². The molecule has 1 aliphatic heterocycles. The lowest BCUT2D eigenvalue weighted by molar-refractivity contribution is 0.556. The lowest BCUT2D eigenvalue weighted by Crippen LogP contribution is -2.23. The molecule has 2 N–H and O–H groups in total. The van der Waals surface area contributed by atoms with Gasteiger partial charge in [0, 0.05) is 16.5 Å². The normalized spacial score (nSPS) is 15.1. The molecule has 5 nitrogen and oxygen atoms in total. The van der Waals surface area contributed by atoms with Crippen LogP contribution in [0, 0.1) is 0 Å². The highest BCUT2D eigenvalue weighted by Crippen LogP contribution is 2.29. The van der Waals surface area contributed by atoms with E-state index in [2.05, 4.69) is 37.5 Å². The lowest BCUT2D eigenvalue weighted by Gasteiger charge is -2.05. The van der Waals surface area contributed by atoms with Crippen molar-refractivity contribution >= 4 is 28.2 Å². The molecule has 0 fully saturated rings. The number of rotatable bonds is 5. The van der Waals surface area contributed by atoms with Gasteiger partial charge in [0.25, 0.3) is 5.89 Å². The van der Waals surface area contributed by atoms with Gasteiger partial charge in [-0.3, -0.25) is 0 Å². The summed E-state index contributed by atoms with van der Waals surface area (Å²) in [6.07, 6.45) is 9.28. The van der Waals surface area contributed by atoms with Gasteiger partial charge in [0.2, 0.25) is 5.89 Å². The van der Waals surface area contributed by atoms with Crippen LogP contribution in [0.4, 0.5) is 5.69 Å². The van der Waals surface area contributed by atoms with Crippen LogP contribution < -0.4 is 15.6 Å². The zero-order chi connectivity index (χ0) is 19.6. The summed E-state index contributed by atoms with van der Waals surface area (Å²) >= 11 is 1.50. The van der Waals surface area contributed by atoms with E-state index in [1.165, 1.54) is 22.5 Å². The van der Waals surface area contributed by atoms with Crippen LogP contribution in [0.1, 0.15) is 46.4 Å². The van der Waals surface area contributed by atoms with Crippen LogP contribution in [0.3, 0.4) is 0 Å². The van der Waals surface area contributed by atoms with Crippen LogP contribution >= 0.6 is 11.3 Å². The molecule has 6 heteroatoms. The average Bonchev–Trinajstić information content (AvgIpc) is 3.22. The van der Waals surface area contributed by atoms with Crippen molar-refractivity contribution in [3.63, 3.8) is 0 Å². The molecule has 140 valence electrons. The molecule has 0 radical (unpaired) electrons. The molecule has 0 spiro atoms. The average molecular weight is 381 g/mol. The molecule has 0 unspecified atom stereocenters. The van der Waals surface area contributed by atoms with E-state index in [1.807, 2.05) is 25.2 Å². The van der Waals surface area contributed by atoms with E-state index in [0.29, 0.717) is 17.5 Å². The number of nitrogens with zero attached hydrogens (tertiary/aromatic N) is 3. The van der Waals surface area contributed by atoms with Gasteiger partial charge in [-0.2, -0.15) is 0 Å². The van der Waals surface area contributed by atoms with Gasteiger partial charge in [0.05, 0.1) is 5.69 Å². The zero-order valence-electron chi connectivity index (χ0n) is 16.2. The second kappa shape index (κ2) is 7.88. The van der Waals surface area contributed by atoms with Crippen LogP contribution in [0.2, 0.25) is 0 Å². The van der Waals surface area contributed by atoms with Crippen molar-refractivity contribution in [2.24, 2.45) is 4.99 Å². The van der Waals surface area contributed by atoms with Crippen LogP contribution in [-0.2, 0) is 0 Å². The molecule has 0 atom stereocenters. The van der Waals surface area contributed by atoms with Crippen LogP contribution in [0.25, 0.3) is 21.9 Å². The third kappa shape index (κ3) is 3.57. The van der Waals surface area contributed by atoms with Crippen LogP contribution in [0.5, 0.6) is 0 Å². The number of hydrogen-bond donors (Lipinski definition) is 1. The van der Waals surface area contributed by atoms with E-state index in [-0.39, 0.29) is 0 Å². The Morgan fingerprint density at radius 3 is 2.78 bits per heavy atom. The third-order valence-electron chi connectivity index (χ3n) is 4.59. The van der Waals surface area contributed by atoms with Crippen LogP contribution in [-0.4, -0.2) is 10.2 Å². The number of anilines is 1. The van der Waals surface area contributed by atoms with E-state index in [0.717, 1.165) is 38.9 Å². The molecule has 27 heavy (non-hydrogen) atoms. The maximum atomic E-state index is 6.48. The second-order valence-corrected chi connectivity index (χ2v) is 7.40. The predicted octanol–water partition coefficient (Wildman–Crippen LogP) is 4.40. The van der Waals surface area contributed by atoms with Crippen molar-refractivity contribution in [3.05, 3.63) is 57.9 Å². The Morgan fingerprint density at radius 1 is 1.33 bits per heavy atom. The summed E-state index contributed by atoms with van der Waals surface area (Å²) in [6.45, 7) is 12.1. The summed E-state index contributed by atoms with van der Waals surface area (Å²) in [7, 11) is 0. The van der Waals surface area contributed by atoms with Gasteiger partial charge < -0.3 is 10.2 Å². The first-order chi connectivity index (χ1) is 13.0. The zero-order valence-corrected chi connectivity index (χ0v) is 17.0. The van der Waals surface area contributed by atoms with Crippen molar-refractivity contribution in [1.82, 2.24) is 10.2 Å². The Labute approximate surface area is 163 Å². The SMILES string of the molecule is C=C/C(=C\C=C/C)c1nnc(-c2sc3c(c2N)=C(C)CC(CC)=C(C)N=3)o1.